The maximum absolute atomic E-state index is 12.3. The molecule has 0 amide bonds. The number of hydrogen-bond donors (Lipinski definition) is 1. The molecule has 1 aliphatic carbocycles. The lowest BCUT2D eigenvalue weighted by molar-refractivity contribution is 0.200. The number of rotatable bonds is 7. The van der Waals surface area contributed by atoms with Crippen LogP contribution < -0.4 is 4.72 Å². The highest BCUT2D eigenvalue weighted by Gasteiger charge is 2.36. The first kappa shape index (κ1) is 15.8. The average molecular weight is 318 g/mol. The minimum Gasteiger partial charge on any atom is -0.383 e. The quantitative estimate of drug-likeness (QED) is 0.841. The molecule has 0 spiro atoms. The van der Waals surface area contributed by atoms with Crippen LogP contribution in [0.1, 0.15) is 31.4 Å². The van der Waals surface area contributed by atoms with Gasteiger partial charge < -0.3 is 4.74 Å². The van der Waals surface area contributed by atoms with E-state index < -0.39 is 15.3 Å². The van der Waals surface area contributed by atoms with Gasteiger partial charge in [-0.05, 0) is 43.4 Å². The standard InChI is InChI=1S/C14H20ClNO3S/c1-10(9-19-2)20(17,18)16-14(11-3-4-11)12-5-7-13(15)8-6-12/h5-8,10-11,14,16H,3-4,9H2,1-2H3/t10-,14+/m1/s1. The van der Waals surface area contributed by atoms with Gasteiger partial charge in [-0.15, -0.1) is 0 Å². The Morgan fingerprint density at radius 3 is 2.45 bits per heavy atom. The third kappa shape index (κ3) is 3.95. The van der Waals surface area contributed by atoms with Crippen LogP contribution in [0.25, 0.3) is 0 Å². The average Bonchev–Trinajstić information content (AvgIpc) is 3.22. The van der Waals surface area contributed by atoms with Crippen LogP contribution in [0.5, 0.6) is 0 Å². The largest absolute Gasteiger partial charge is 0.383 e. The molecule has 1 aromatic carbocycles. The normalized spacial score (nSPS) is 18.8. The van der Waals surface area contributed by atoms with Crippen LogP contribution in [-0.4, -0.2) is 27.4 Å². The lowest BCUT2D eigenvalue weighted by Gasteiger charge is -2.21. The number of hydrogen-bond acceptors (Lipinski definition) is 3. The Morgan fingerprint density at radius 1 is 1.35 bits per heavy atom. The molecule has 112 valence electrons. The van der Waals surface area contributed by atoms with E-state index in [0.29, 0.717) is 10.9 Å². The first-order valence-corrected chi connectivity index (χ1v) is 8.62. The van der Waals surface area contributed by atoms with Crippen molar-refractivity contribution in [1.29, 1.82) is 0 Å². The van der Waals surface area contributed by atoms with Crippen molar-refractivity contribution >= 4 is 21.6 Å². The molecular formula is C14H20ClNO3S. The first-order valence-electron chi connectivity index (χ1n) is 6.69. The van der Waals surface area contributed by atoms with Gasteiger partial charge in [-0.2, -0.15) is 0 Å². The summed E-state index contributed by atoms with van der Waals surface area (Å²) in [4.78, 5) is 0. The Morgan fingerprint density at radius 2 is 1.95 bits per heavy atom. The van der Waals surface area contributed by atoms with Crippen molar-refractivity contribution in [2.24, 2.45) is 5.92 Å². The van der Waals surface area contributed by atoms with Crippen LogP contribution in [0, 0.1) is 5.92 Å². The lowest BCUT2D eigenvalue weighted by Crippen LogP contribution is -2.38. The number of halogens is 1. The summed E-state index contributed by atoms with van der Waals surface area (Å²) in [6.07, 6.45) is 2.10. The molecule has 1 saturated carbocycles. The molecule has 1 aliphatic rings. The van der Waals surface area contributed by atoms with E-state index in [2.05, 4.69) is 4.72 Å². The topological polar surface area (TPSA) is 55.4 Å². The van der Waals surface area contributed by atoms with Crippen LogP contribution in [0.2, 0.25) is 5.02 Å². The zero-order valence-corrected chi connectivity index (χ0v) is 13.2. The minimum atomic E-state index is -3.39. The first-order chi connectivity index (χ1) is 9.44. The fourth-order valence-corrected chi connectivity index (χ4v) is 3.51. The number of methoxy groups -OCH3 is 1. The monoisotopic (exact) mass is 317 g/mol. The number of ether oxygens (including phenoxy) is 1. The Hall–Kier alpha value is -0.620. The number of benzene rings is 1. The maximum Gasteiger partial charge on any atom is 0.217 e. The van der Waals surface area contributed by atoms with E-state index >= 15 is 0 Å². The second-order valence-corrected chi connectivity index (χ2v) is 7.86. The fourth-order valence-electron chi connectivity index (χ4n) is 2.15. The highest BCUT2D eigenvalue weighted by molar-refractivity contribution is 7.90. The fraction of sp³-hybridized carbons (Fsp3) is 0.571. The predicted octanol–water partition coefficient (Wildman–Crippen LogP) is 2.75. The Labute approximate surface area is 125 Å². The molecule has 1 N–H and O–H groups in total. The van der Waals surface area contributed by atoms with E-state index in [4.69, 9.17) is 16.3 Å². The molecule has 2 rings (SSSR count). The van der Waals surface area contributed by atoms with Gasteiger partial charge in [0, 0.05) is 18.2 Å². The van der Waals surface area contributed by atoms with Gasteiger partial charge in [0.1, 0.15) is 0 Å². The molecule has 1 fully saturated rings. The van der Waals surface area contributed by atoms with E-state index in [1.54, 1.807) is 19.1 Å². The molecule has 0 aromatic heterocycles. The Bertz CT molecular complexity index is 540. The van der Waals surface area contributed by atoms with E-state index in [1.807, 2.05) is 12.1 Å². The number of nitrogens with one attached hydrogen (secondary N) is 1. The van der Waals surface area contributed by atoms with Crippen molar-refractivity contribution in [3.63, 3.8) is 0 Å². The van der Waals surface area contributed by atoms with E-state index in [1.165, 1.54) is 7.11 Å². The predicted molar refractivity (Wildman–Crippen MR) is 80.3 cm³/mol. The summed E-state index contributed by atoms with van der Waals surface area (Å²) in [5, 5.41) is 0.0833. The summed E-state index contributed by atoms with van der Waals surface area (Å²) in [6.45, 7) is 1.84. The molecule has 0 heterocycles. The van der Waals surface area contributed by atoms with Gasteiger partial charge in [-0.25, -0.2) is 13.1 Å². The van der Waals surface area contributed by atoms with Crippen molar-refractivity contribution < 1.29 is 13.2 Å². The van der Waals surface area contributed by atoms with Crippen LogP contribution in [0.4, 0.5) is 0 Å². The molecule has 6 heteroatoms. The highest BCUT2D eigenvalue weighted by atomic mass is 35.5. The zero-order chi connectivity index (χ0) is 14.8. The van der Waals surface area contributed by atoms with Gasteiger partial charge in [0.15, 0.2) is 0 Å². The van der Waals surface area contributed by atoms with Crippen molar-refractivity contribution in [2.75, 3.05) is 13.7 Å². The molecule has 0 saturated heterocycles. The third-order valence-corrected chi connectivity index (χ3v) is 5.57. The van der Waals surface area contributed by atoms with Crippen LogP contribution in [0.3, 0.4) is 0 Å². The van der Waals surface area contributed by atoms with Gasteiger partial charge in [-0.3, -0.25) is 0 Å². The van der Waals surface area contributed by atoms with Gasteiger partial charge in [0.05, 0.1) is 11.9 Å². The molecule has 0 aliphatic heterocycles. The van der Waals surface area contributed by atoms with Gasteiger partial charge in [0.2, 0.25) is 10.0 Å². The van der Waals surface area contributed by atoms with Crippen molar-refractivity contribution in [3.05, 3.63) is 34.9 Å². The highest BCUT2D eigenvalue weighted by Crippen LogP contribution is 2.41. The Balaban J connectivity index is 2.16. The van der Waals surface area contributed by atoms with Crippen molar-refractivity contribution in [2.45, 2.75) is 31.1 Å². The molecule has 20 heavy (non-hydrogen) atoms. The van der Waals surface area contributed by atoms with E-state index in [9.17, 15) is 8.42 Å². The van der Waals surface area contributed by atoms with Crippen molar-refractivity contribution in [1.82, 2.24) is 4.72 Å². The number of sulfonamides is 1. The van der Waals surface area contributed by atoms with Crippen LogP contribution in [-0.2, 0) is 14.8 Å². The second-order valence-electron chi connectivity index (χ2n) is 5.30. The molecule has 1 aromatic rings. The smallest absolute Gasteiger partial charge is 0.217 e. The summed E-state index contributed by atoms with van der Waals surface area (Å²) in [5.41, 5.74) is 0.963. The van der Waals surface area contributed by atoms with Crippen molar-refractivity contribution in [3.8, 4) is 0 Å². The summed E-state index contributed by atoms with van der Waals surface area (Å²) in [6, 6.07) is 7.18. The minimum absolute atomic E-state index is 0.170. The summed E-state index contributed by atoms with van der Waals surface area (Å²) >= 11 is 5.88. The maximum atomic E-state index is 12.3. The lowest BCUT2D eigenvalue weighted by atomic mass is 10.0. The van der Waals surface area contributed by atoms with Gasteiger partial charge >= 0.3 is 0 Å². The molecule has 4 nitrogen and oxygen atoms in total. The zero-order valence-electron chi connectivity index (χ0n) is 11.7. The SMILES string of the molecule is COC[C@@H](C)S(=O)(=O)N[C@H](c1ccc(Cl)cc1)C1CC1. The molecular weight excluding hydrogens is 298 g/mol. The molecule has 0 bridgehead atoms. The van der Waals surface area contributed by atoms with E-state index in [-0.39, 0.29) is 12.6 Å². The van der Waals surface area contributed by atoms with Gasteiger partial charge in [-0.1, -0.05) is 23.7 Å². The second kappa shape index (κ2) is 6.43. The van der Waals surface area contributed by atoms with E-state index in [0.717, 1.165) is 18.4 Å². The van der Waals surface area contributed by atoms with Crippen LogP contribution >= 0.6 is 11.6 Å². The molecule has 0 unspecified atom stereocenters. The molecule has 0 radical (unpaired) electrons. The molecule has 2 atom stereocenters. The summed E-state index contributed by atoms with van der Waals surface area (Å²) in [5.74, 6) is 0.376. The summed E-state index contributed by atoms with van der Waals surface area (Å²) < 4.78 is 32.3. The third-order valence-electron chi connectivity index (χ3n) is 3.54. The summed E-state index contributed by atoms with van der Waals surface area (Å²) in [7, 11) is -1.89. The van der Waals surface area contributed by atoms with Crippen LogP contribution in [0.15, 0.2) is 24.3 Å². The Kier molecular flexibility index (Phi) is 5.07. The van der Waals surface area contributed by atoms with Gasteiger partial charge in [0.25, 0.3) is 0 Å².